The van der Waals surface area contributed by atoms with Crippen LogP contribution in [0.25, 0.3) is 6.08 Å². The van der Waals surface area contributed by atoms with E-state index in [1.54, 1.807) is 36.4 Å². The molecule has 1 amide bonds. The predicted octanol–water partition coefficient (Wildman–Crippen LogP) is 5.18. The van der Waals surface area contributed by atoms with Crippen LogP contribution < -0.4 is 14.8 Å². The van der Waals surface area contributed by atoms with Crippen LogP contribution in [-0.4, -0.2) is 18.6 Å². The molecule has 0 spiro atoms. The van der Waals surface area contributed by atoms with Gasteiger partial charge in [-0.1, -0.05) is 15.9 Å². The van der Waals surface area contributed by atoms with Crippen LogP contribution in [0.1, 0.15) is 26.3 Å². The topological polar surface area (TPSA) is 71.3 Å². The molecular weight excluding hydrogens is 408 g/mol. The van der Waals surface area contributed by atoms with Crippen LogP contribution in [0.15, 0.2) is 52.5 Å². The fourth-order valence-electron chi connectivity index (χ4n) is 2.30. The van der Waals surface area contributed by atoms with Crippen molar-refractivity contribution in [1.29, 1.82) is 5.26 Å². The summed E-state index contributed by atoms with van der Waals surface area (Å²) in [5.41, 5.74) is 1.21. The number of nitrogens with zero attached hydrogens (tertiary/aromatic N) is 1. The van der Waals surface area contributed by atoms with E-state index in [1.165, 1.54) is 6.08 Å². The smallest absolute Gasteiger partial charge is 0.266 e. The molecule has 2 aromatic rings. The number of amides is 1. The van der Waals surface area contributed by atoms with E-state index >= 15 is 0 Å². The van der Waals surface area contributed by atoms with Gasteiger partial charge >= 0.3 is 0 Å². The monoisotopic (exact) mass is 428 g/mol. The third-order valence-corrected chi connectivity index (χ3v) is 3.92. The van der Waals surface area contributed by atoms with Gasteiger partial charge in [0.05, 0.1) is 12.7 Å². The zero-order chi connectivity index (χ0) is 19.8. The second-order valence-electron chi connectivity index (χ2n) is 5.93. The highest BCUT2D eigenvalue weighted by Crippen LogP contribution is 2.27. The molecule has 0 aliphatic rings. The molecule has 0 saturated carbocycles. The van der Waals surface area contributed by atoms with Gasteiger partial charge in [-0.15, -0.1) is 0 Å². The van der Waals surface area contributed by atoms with Crippen LogP contribution in [-0.2, 0) is 4.79 Å². The maximum absolute atomic E-state index is 12.5. The van der Waals surface area contributed by atoms with Crippen molar-refractivity contribution in [2.75, 3.05) is 11.9 Å². The molecule has 0 aliphatic carbocycles. The van der Waals surface area contributed by atoms with Crippen molar-refractivity contribution in [3.8, 4) is 17.6 Å². The van der Waals surface area contributed by atoms with Crippen molar-refractivity contribution >= 4 is 33.6 Å². The summed E-state index contributed by atoms with van der Waals surface area (Å²) < 4.78 is 12.0. The van der Waals surface area contributed by atoms with E-state index in [4.69, 9.17) is 9.47 Å². The molecular formula is C21H21BrN2O3. The number of nitrogens with one attached hydrogen (secondary N) is 1. The van der Waals surface area contributed by atoms with E-state index in [9.17, 15) is 10.1 Å². The van der Waals surface area contributed by atoms with Crippen LogP contribution in [0.2, 0.25) is 0 Å². The molecule has 0 bridgehead atoms. The standard InChI is InChI=1S/C21H21BrN2O3/c1-4-26-19-8-6-18(7-9-19)24-21(25)16(13-23)11-15-12-17(22)5-10-20(15)27-14(2)3/h5-12,14H,4H2,1-3H3,(H,24,25)/b16-11+. The Hall–Kier alpha value is -2.78. The van der Waals surface area contributed by atoms with Gasteiger partial charge in [-0.25, -0.2) is 0 Å². The Balaban J connectivity index is 2.24. The Morgan fingerprint density at radius 1 is 1.26 bits per heavy atom. The Kier molecular flexibility index (Phi) is 7.44. The van der Waals surface area contributed by atoms with Gasteiger partial charge in [0.25, 0.3) is 5.91 Å². The summed E-state index contributed by atoms with van der Waals surface area (Å²) >= 11 is 3.40. The van der Waals surface area contributed by atoms with Gasteiger partial charge in [-0.3, -0.25) is 4.79 Å². The zero-order valence-corrected chi connectivity index (χ0v) is 17.0. The van der Waals surface area contributed by atoms with Crippen molar-refractivity contribution in [2.24, 2.45) is 0 Å². The van der Waals surface area contributed by atoms with E-state index in [-0.39, 0.29) is 11.7 Å². The van der Waals surface area contributed by atoms with Gasteiger partial charge in [0.1, 0.15) is 23.1 Å². The van der Waals surface area contributed by atoms with Crippen LogP contribution in [0, 0.1) is 11.3 Å². The number of hydrogen-bond donors (Lipinski definition) is 1. The van der Waals surface area contributed by atoms with Gasteiger partial charge in [0.2, 0.25) is 0 Å². The van der Waals surface area contributed by atoms with Gasteiger partial charge < -0.3 is 14.8 Å². The summed E-state index contributed by atoms with van der Waals surface area (Å²) in [7, 11) is 0. The van der Waals surface area contributed by atoms with Gasteiger partial charge in [-0.05, 0) is 69.3 Å². The fourth-order valence-corrected chi connectivity index (χ4v) is 2.68. The molecule has 0 aromatic heterocycles. The maximum Gasteiger partial charge on any atom is 0.266 e. The average Bonchev–Trinajstić information content (AvgIpc) is 2.63. The van der Waals surface area contributed by atoms with Crippen LogP contribution in [0.3, 0.4) is 0 Å². The number of carbonyl (C=O) groups excluding carboxylic acids is 1. The summed E-state index contributed by atoms with van der Waals surface area (Å²) in [5.74, 6) is 0.836. The van der Waals surface area contributed by atoms with Crippen LogP contribution in [0.5, 0.6) is 11.5 Å². The molecule has 6 heteroatoms. The van der Waals surface area contributed by atoms with E-state index in [2.05, 4.69) is 21.2 Å². The molecule has 2 aromatic carbocycles. The first-order valence-corrected chi connectivity index (χ1v) is 9.34. The number of halogens is 1. The molecule has 0 unspecified atom stereocenters. The van der Waals surface area contributed by atoms with Crippen molar-refractivity contribution in [3.05, 3.63) is 58.1 Å². The van der Waals surface area contributed by atoms with Crippen LogP contribution >= 0.6 is 15.9 Å². The van der Waals surface area contributed by atoms with E-state index in [1.807, 2.05) is 32.9 Å². The van der Waals surface area contributed by atoms with Gasteiger partial charge in [0, 0.05) is 15.7 Å². The Labute approximate surface area is 167 Å². The number of benzene rings is 2. The van der Waals surface area contributed by atoms with E-state index in [0.717, 1.165) is 10.2 Å². The second-order valence-corrected chi connectivity index (χ2v) is 6.85. The minimum Gasteiger partial charge on any atom is -0.494 e. The molecule has 1 N–H and O–H groups in total. The van der Waals surface area contributed by atoms with E-state index in [0.29, 0.717) is 23.6 Å². The SMILES string of the molecule is CCOc1ccc(NC(=O)/C(C#N)=C/c2cc(Br)ccc2OC(C)C)cc1. The number of ether oxygens (including phenoxy) is 2. The number of hydrogen-bond acceptors (Lipinski definition) is 4. The lowest BCUT2D eigenvalue weighted by molar-refractivity contribution is -0.112. The first kappa shape index (κ1) is 20.5. The first-order chi connectivity index (χ1) is 12.9. The molecule has 140 valence electrons. The molecule has 5 nitrogen and oxygen atoms in total. The third-order valence-electron chi connectivity index (χ3n) is 3.42. The van der Waals surface area contributed by atoms with Crippen LogP contribution in [0.4, 0.5) is 5.69 Å². The first-order valence-electron chi connectivity index (χ1n) is 8.55. The number of carbonyl (C=O) groups is 1. The van der Waals surface area contributed by atoms with Crippen molar-refractivity contribution in [3.63, 3.8) is 0 Å². The third kappa shape index (κ3) is 6.15. The molecule has 0 saturated heterocycles. The van der Waals surface area contributed by atoms with Crippen molar-refractivity contribution in [2.45, 2.75) is 26.9 Å². The minimum absolute atomic E-state index is 0.0180. The molecule has 0 heterocycles. The number of rotatable bonds is 7. The predicted molar refractivity (Wildman–Crippen MR) is 110 cm³/mol. The summed E-state index contributed by atoms with van der Waals surface area (Å²) in [6.07, 6.45) is 1.49. The quantitative estimate of drug-likeness (QED) is 0.486. The Morgan fingerprint density at radius 2 is 1.96 bits per heavy atom. The molecule has 0 fully saturated rings. The summed E-state index contributed by atoms with van der Waals surface area (Å²) in [6.45, 7) is 6.30. The summed E-state index contributed by atoms with van der Waals surface area (Å²) in [4.78, 5) is 12.5. The molecule has 27 heavy (non-hydrogen) atoms. The van der Waals surface area contributed by atoms with Gasteiger partial charge in [-0.2, -0.15) is 5.26 Å². The number of nitriles is 1. The highest BCUT2D eigenvalue weighted by atomic mass is 79.9. The minimum atomic E-state index is -0.489. The molecule has 0 atom stereocenters. The Morgan fingerprint density at radius 3 is 2.56 bits per heavy atom. The number of anilines is 1. The largest absolute Gasteiger partial charge is 0.494 e. The van der Waals surface area contributed by atoms with Crippen molar-refractivity contribution < 1.29 is 14.3 Å². The molecule has 0 aliphatic heterocycles. The van der Waals surface area contributed by atoms with Crippen molar-refractivity contribution in [1.82, 2.24) is 0 Å². The lowest BCUT2D eigenvalue weighted by atomic mass is 10.1. The van der Waals surface area contributed by atoms with E-state index < -0.39 is 5.91 Å². The molecule has 0 radical (unpaired) electrons. The highest BCUT2D eigenvalue weighted by Gasteiger charge is 2.12. The lowest BCUT2D eigenvalue weighted by Gasteiger charge is -2.13. The summed E-state index contributed by atoms with van der Waals surface area (Å²) in [6, 6.07) is 14.4. The zero-order valence-electron chi connectivity index (χ0n) is 15.5. The highest BCUT2D eigenvalue weighted by molar-refractivity contribution is 9.10. The normalized spacial score (nSPS) is 11.0. The average molecular weight is 429 g/mol. The lowest BCUT2D eigenvalue weighted by Crippen LogP contribution is -2.13. The fraction of sp³-hybridized carbons (Fsp3) is 0.238. The van der Waals surface area contributed by atoms with Gasteiger partial charge in [0.15, 0.2) is 0 Å². The Bertz CT molecular complexity index is 868. The maximum atomic E-state index is 12.5. The summed E-state index contributed by atoms with van der Waals surface area (Å²) in [5, 5.41) is 12.2. The molecule has 2 rings (SSSR count). The second kappa shape index (κ2) is 9.79.